The van der Waals surface area contributed by atoms with E-state index in [4.69, 9.17) is 5.73 Å². The average molecular weight is 279 g/mol. The van der Waals surface area contributed by atoms with Gasteiger partial charge < -0.3 is 16.0 Å². The van der Waals surface area contributed by atoms with Crippen molar-refractivity contribution in [3.05, 3.63) is 18.0 Å². The SMILES string of the molecule is Cn1cc(C(N)C(=O)NCCC(=O)N2CCCC2)cn1. The number of hydrogen-bond acceptors (Lipinski definition) is 4. The Morgan fingerprint density at radius 3 is 2.75 bits per heavy atom. The van der Waals surface area contributed by atoms with E-state index < -0.39 is 6.04 Å². The van der Waals surface area contributed by atoms with Crippen LogP contribution in [0.15, 0.2) is 12.4 Å². The van der Waals surface area contributed by atoms with Crippen LogP contribution in [0.5, 0.6) is 0 Å². The van der Waals surface area contributed by atoms with Gasteiger partial charge in [-0.05, 0) is 12.8 Å². The number of nitrogens with zero attached hydrogens (tertiary/aromatic N) is 3. The number of carbonyl (C=O) groups excluding carboxylic acids is 2. The molecule has 0 spiro atoms. The summed E-state index contributed by atoms with van der Waals surface area (Å²) in [7, 11) is 1.77. The van der Waals surface area contributed by atoms with Crippen molar-refractivity contribution in [1.29, 1.82) is 0 Å². The lowest BCUT2D eigenvalue weighted by Gasteiger charge is -2.16. The number of amides is 2. The van der Waals surface area contributed by atoms with E-state index in [0.717, 1.165) is 25.9 Å². The van der Waals surface area contributed by atoms with Gasteiger partial charge in [0.1, 0.15) is 6.04 Å². The molecule has 7 heteroatoms. The Morgan fingerprint density at radius 1 is 1.45 bits per heavy atom. The fourth-order valence-corrected chi connectivity index (χ4v) is 2.28. The molecule has 1 aromatic heterocycles. The molecule has 1 aromatic rings. The van der Waals surface area contributed by atoms with Gasteiger partial charge in [-0.25, -0.2) is 0 Å². The summed E-state index contributed by atoms with van der Waals surface area (Å²) in [4.78, 5) is 25.5. The molecular formula is C13H21N5O2. The number of carbonyl (C=O) groups is 2. The van der Waals surface area contributed by atoms with Gasteiger partial charge in [-0.1, -0.05) is 0 Å². The molecule has 2 rings (SSSR count). The Balaban J connectivity index is 1.73. The zero-order valence-electron chi connectivity index (χ0n) is 11.7. The summed E-state index contributed by atoms with van der Waals surface area (Å²) in [6.45, 7) is 1.99. The van der Waals surface area contributed by atoms with E-state index >= 15 is 0 Å². The number of likely N-dealkylation sites (tertiary alicyclic amines) is 1. The second-order valence-electron chi connectivity index (χ2n) is 5.05. The summed E-state index contributed by atoms with van der Waals surface area (Å²) >= 11 is 0. The predicted molar refractivity (Wildman–Crippen MR) is 73.6 cm³/mol. The maximum atomic E-state index is 11.9. The van der Waals surface area contributed by atoms with E-state index in [1.807, 2.05) is 4.90 Å². The van der Waals surface area contributed by atoms with Crippen LogP contribution in [0.4, 0.5) is 0 Å². The third-order valence-electron chi connectivity index (χ3n) is 3.46. The van der Waals surface area contributed by atoms with E-state index in [1.165, 1.54) is 0 Å². The first-order valence-corrected chi connectivity index (χ1v) is 6.87. The van der Waals surface area contributed by atoms with Crippen molar-refractivity contribution in [2.75, 3.05) is 19.6 Å². The van der Waals surface area contributed by atoms with E-state index in [9.17, 15) is 9.59 Å². The largest absolute Gasteiger partial charge is 0.354 e. The minimum atomic E-state index is -0.745. The molecule has 0 saturated carbocycles. The smallest absolute Gasteiger partial charge is 0.241 e. The molecule has 2 amide bonds. The van der Waals surface area contributed by atoms with Gasteiger partial charge in [0.05, 0.1) is 6.20 Å². The van der Waals surface area contributed by atoms with Crippen molar-refractivity contribution in [3.8, 4) is 0 Å². The summed E-state index contributed by atoms with van der Waals surface area (Å²) in [5, 5.41) is 6.67. The first kappa shape index (κ1) is 14.5. The van der Waals surface area contributed by atoms with Gasteiger partial charge in [-0.3, -0.25) is 14.3 Å². The predicted octanol–water partition coefficient (Wildman–Crippen LogP) is -0.451. The fraction of sp³-hybridized carbons (Fsp3) is 0.615. The Morgan fingerprint density at radius 2 is 2.15 bits per heavy atom. The lowest BCUT2D eigenvalue weighted by Crippen LogP contribution is -2.37. The first-order valence-electron chi connectivity index (χ1n) is 6.87. The van der Waals surface area contributed by atoms with Crippen LogP contribution >= 0.6 is 0 Å². The minimum Gasteiger partial charge on any atom is -0.354 e. The van der Waals surface area contributed by atoms with Crippen LogP contribution < -0.4 is 11.1 Å². The molecule has 0 aromatic carbocycles. The summed E-state index contributed by atoms with van der Waals surface area (Å²) in [5.74, 6) is -0.190. The molecule has 3 N–H and O–H groups in total. The molecule has 1 fully saturated rings. The monoisotopic (exact) mass is 279 g/mol. The van der Waals surface area contributed by atoms with Crippen LogP contribution in [0.3, 0.4) is 0 Å². The Labute approximate surface area is 118 Å². The van der Waals surface area contributed by atoms with Crippen LogP contribution in [-0.4, -0.2) is 46.1 Å². The van der Waals surface area contributed by atoms with Crippen LogP contribution in [0.1, 0.15) is 30.9 Å². The Hall–Kier alpha value is -1.89. The zero-order chi connectivity index (χ0) is 14.5. The van der Waals surface area contributed by atoms with E-state index in [1.54, 1.807) is 24.1 Å². The summed E-state index contributed by atoms with van der Waals surface area (Å²) in [6.07, 6.45) is 5.75. The first-order chi connectivity index (χ1) is 9.58. The quantitative estimate of drug-likeness (QED) is 0.763. The number of aromatic nitrogens is 2. The van der Waals surface area contributed by atoms with Gasteiger partial charge in [-0.15, -0.1) is 0 Å². The van der Waals surface area contributed by atoms with Crippen LogP contribution in [0, 0.1) is 0 Å². The third-order valence-corrected chi connectivity index (χ3v) is 3.46. The van der Waals surface area contributed by atoms with Gasteiger partial charge in [0.25, 0.3) is 0 Å². The highest BCUT2D eigenvalue weighted by molar-refractivity contribution is 5.83. The molecule has 1 atom stereocenters. The molecule has 1 unspecified atom stereocenters. The van der Waals surface area contributed by atoms with Gasteiger partial charge in [-0.2, -0.15) is 5.10 Å². The zero-order valence-corrected chi connectivity index (χ0v) is 11.7. The fourth-order valence-electron chi connectivity index (χ4n) is 2.28. The Bertz CT molecular complexity index is 479. The molecule has 0 bridgehead atoms. The molecule has 1 aliphatic heterocycles. The molecule has 0 radical (unpaired) electrons. The molecule has 7 nitrogen and oxygen atoms in total. The summed E-state index contributed by atoms with van der Waals surface area (Å²) in [6, 6.07) is -0.745. The van der Waals surface area contributed by atoms with Crippen LogP contribution in [0.2, 0.25) is 0 Å². The highest BCUT2D eigenvalue weighted by Crippen LogP contribution is 2.10. The lowest BCUT2D eigenvalue weighted by atomic mass is 10.1. The molecular weight excluding hydrogens is 258 g/mol. The Kier molecular flexibility index (Phi) is 4.73. The van der Waals surface area contributed by atoms with Gasteiger partial charge in [0.2, 0.25) is 11.8 Å². The second kappa shape index (κ2) is 6.51. The second-order valence-corrected chi connectivity index (χ2v) is 5.05. The van der Waals surface area contributed by atoms with Crippen molar-refractivity contribution in [3.63, 3.8) is 0 Å². The maximum absolute atomic E-state index is 11.9. The maximum Gasteiger partial charge on any atom is 0.241 e. The van der Waals surface area contributed by atoms with Crippen molar-refractivity contribution in [2.24, 2.45) is 12.8 Å². The van der Waals surface area contributed by atoms with E-state index in [-0.39, 0.29) is 11.8 Å². The van der Waals surface area contributed by atoms with Gasteiger partial charge >= 0.3 is 0 Å². The van der Waals surface area contributed by atoms with E-state index in [2.05, 4.69) is 10.4 Å². The van der Waals surface area contributed by atoms with Crippen molar-refractivity contribution >= 4 is 11.8 Å². The average Bonchev–Trinajstić information content (AvgIpc) is 3.08. The van der Waals surface area contributed by atoms with E-state index in [0.29, 0.717) is 18.5 Å². The van der Waals surface area contributed by atoms with Crippen molar-refractivity contribution in [1.82, 2.24) is 20.0 Å². The topological polar surface area (TPSA) is 93.2 Å². The summed E-state index contributed by atoms with van der Waals surface area (Å²) < 4.78 is 1.60. The summed E-state index contributed by atoms with van der Waals surface area (Å²) in [5.41, 5.74) is 6.49. The minimum absolute atomic E-state index is 0.0951. The molecule has 1 aliphatic rings. The highest BCUT2D eigenvalue weighted by atomic mass is 16.2. The number of nitrogens with one attached hydrogen (secondary N) is 1. The molecule has 20 heavy (non-hydrogen) atoms. The standard InChI is InChI=1S/C13H21N5O2/c1-17-9-10(8-16-17)12(14)13(20)15-5-4-11(19)18-6-2-3-7-18/h8-9,12H,2-7,14H2,1H3,(H,15,20). The number of aryl methyl sites for hydroxylation is 1. The lowest BCUT2D eigenvalue weighted by molar-refractivity contribution is -0.130. The number of nitrogens with two attached hydrogens (primary N) is 1. The van der Waals surface area contributed by atoms with Gasteiger partial charge in [0, 0.05) is 44.9 Å². The van der Waals surface area contributed by atoms with Crippen LogP contribution in [0.25, 0.3) is 0 Å². The molecule has 2 heterocycles. The van der Waals surface area contributed by atoms with Crippen LogP contribution in [-0.2, 0) is 16.6 Å². The number of hydrogen-bond donors (Lipinski definition) is 2. The normalized spacial score (nSPS) is 16.2. The molecule has 1 saturated heterocycles. The molecule has 110 valence electrons. The highest BCUT2D eigenvalue weighted by Gasteiger charge is 2.19. The van der Waals surface area contributed by atoms with Crippen molar-refractivity contribution in [2.45, 2.75) is 25.3 Å². The third kappa shape index (κ3) is 3.57. The molecule has 0 aliphatic carbocycles. The van der Waals surface area contributed by atoms with Crippen molar-refractivity contribution < 1.29 is 9.59 Å². The van der Waals surface area contributed by atoms with Gasteiger partial charge in [0.15, 0.2) is 0 Å². The number of rotatable bonds is 5.